The van der Waals surface area contributed by atoms with Crippen molar-refractivity contribution in [3.8, 4) is 5.75 Å². The van der Waals surface area contributed by atoms with Crippen molar-refractivity contribution < 1.29 is 14.3 Å². The van der Waals surface area contributed by atoms with E-state index in [-0.39, 0.29) is 24.4 Å². The van der Waals surface area contributed by atoms with Gasteiger partial charge in [-0.25, -0.2) is 0 Å². The average Bonchev–Trinajstić information content (AvgIpc) is 2.53. The monoisotopic (exact) mass is 303 g/mol. The van der Waals surface area contributed by atoms with Crippen LogP contribution in [-0.2, 0) is 16.1 Å². The van der Waals surface area contributed by atoms with Crippen molar-refractivity contribution in [3.05, 3.63) is 29.8 Å². The van der Waals surface area contributed by atoms with E-state index in [2.05, 4.69) is 4.90 Å². The summed E-state index contributed by atoms with van der Waals surface area (Å²) in [4.78, 5) is 29.8. The summed E-state index contributed by atoms with van der Waals surface area (Å²) < 4.78 is 5.16. The van der Waals surface area contributed by atoms with E-state index in [4.69, 9.17) is 4.74 Å². The summed E-state index contributed by atoms with van der Waals surface area (Å²) in [6.07, 6.45) is 0. The lowest BCUT2D eigenvalue weighted by Gasteiger charge is -2.45. The molecular weight excluding hydrogens is 282 g/mol. The highest BCUT2D eigenvalue weighted by Gasteiger charge is 2.40. The number of hydrogen-bond donors (Lipinski definition) is 0. The van der Waals surface area contributed by atoms with Crippen LogP contribution in [0.2, 0.25) is 0 Å². The van der Waals surface area contributed by atoms with Gasteiger partial charge in [0.1, 0.15) is 11.8 Å². The van der Waals surface area contributed by atoms with E-state index < -0.39 is 0 Å². The molecule has 2 amide bonds. The fraction of sp³-hybridized carbons (Fsp3) is 0.500. The standard InChI is InChI=1S/C16H21N3O3/c1-17-11-15(20)19-8-7-18(10-14(19)16(17)21)9-12-3-5-13(22-2)6-4-12/h3-6,14H,7-11H2,1-2H3/t14-/m1/s1. The zero-order valence-electron chi connectivity index (χ0n) is 13.0. The fourth-order valence-corrected chi connectivity index (χ4v) is 3.11. The second-order valence-corrected chi connectivity index (χ2v) is 5.88. The fourth-order valence-electron chi connectivity index (χ4n) is 3.11. The Balaban J connectivity index is 1.67. The molecule has 2 aliphatic heterocycles. The van der Waals surface area contributed by atoms with Gasteiger partial charge >= 0.3 is 0 Å². The van der Waals surface area contributed by atoms with E-state index in [0.29, 0.717) is 13.1 Å². The SMILES string of the molecule is COc1ccc(CN2CCN3C(=O)CN(C)C(=O)[C@H]3C2)cc1. The summed E-state index contributed by atoms with van der Waals surface area (Å²) in [5.41, 5.74) is 1.18. The third-order valence-corrected chi connectivity index (χ3v) is 4.38. The summed E-state index contributed by atoms with van der Waals surface area (Å²) in [5, 5.41) is 0. The van der Waals surface area contributed by atoms with Crippen molar-refractivity contribution in [2.45, 2.75) is 12.6 Å². The lowest BCUT2D eigenvalue weighted by Crippen LogP contribution is -2.65. The first-order valence-corrected chi connectivity index (χ1v) is 7.48. The van der Waals surface area contributed by atoms with Crippen LogP contribution in [0.15, 0.2) is 24.3 Å². The predicted molar refractivity (Wildman–Crippen MR) is 81.4 cm³/mol. The summed E-state index contributed by atoms with van der Waals surface area (Å²) >= 11 is 0. The molecule has 0 bridgehead atoms. The molecule has 0 aromatic heterocycles. The Morgan fingerprint density at radius 1 is 1.18 bits per heavy atom. The lowest BCUT2D eigenvalue weighted by molar-refractivity contribution is -0.158. The minimum atomic E-state index is -0.335. The molecule has 1 aromatic carbocycles. The quantitative estimate of drug-likeness (QED) is 0.799. The third kappa shape index (κ3) is 2.78. The molecule has 0 aliphatic carbocycles. The van der Waals surface area contributed by atoms with E-state index in [1.807, 2.05) is 24.3 Å². The molecule has 6 heteroatoms. The van der Waals surface area contributed by atoms with Crippen LogP contribution < -0.4 is 4.74 Å². The minimum Gasteiger partial charge on any atom is -0.497 e. The third-order valence-electron chi connectivity index (χ3n) is 4.38. The Hall–Kier alpha value is -2.08. The molecule has 0 spiro atoms. The average molecular weight is 303 g/mol. The van der Waals surface area contributed by atoms with E-state index in [9.17, 15) is 9.59 Å². The van der Waals surface area contributed by atoms with Crippen LogP contribution in [0.3, 0.4) is 0 Å². The molecular formula is C16H21N3O3. The van der Waals surface area contributed by atoms with Gasteiger partial charge in [0, 0.05) is 33.2 Å². The van der Waals surface area contributed by atoms with Crippen molar-refractivity contribution in [3.63, 3.8) is 0 Å². The smallest absolute Gasteiger partial charge is 0.246 e. The summed E-state index contributed by atoms with van der Waals surface area (Å²) in [7, 11) is 3.34. The highest BCUT2D eigenvalue weighted by molar-refractivity contribution is 5.95. The summed E-state index contributed by atoms with van der Waals surface area (Å²) in [5.74, 6) is 0.929. The number of rotatable bonds is 3. The second-order valence-electron chi connectivity index (χ2n) is 5.88. The van der Waals surface area contributed by atoms with Crippen molar-refractivity contribution in [1.82, 2.24) is 14.7 Å². The van der Waals surface area contributed by atoms with Gasteiger partial charge in [0.15, 0.2) is 0 Å². The van der Waals surface area contributed by atoms with Gasteiger partial charge in [-0.15, -0.1) is 0 Å². The number of hydrogen-bond acceptors (Lipinski definition) is 4. The van der Waals surface area contributed by atoms with Gasteiger partial charge in [0.05, 0.1) is 13.7 Å². The van der Waals surface area contributed by atoms with Crippen molar-refractivity contribution in [2.24, 2.45) is 0 Å². The molecule has 2 aliphatic rings. The predicted octanol–water partition coefficient (Wildman–Crippen LogP) is 0.180. The molecule has 0 radical (unpaired) electrons. The summed E-state index contributed by atoms with van der Waals surface area (Å²) in [6, 6.07) is 7.61. The molecule has 118 valence electrons. The molecule has 0 saturated carbocycles. The van der Waals surface area contributed by atoms with Crippen molar-refractivity contribution in [2.75, 3.05) is 40.3 Å². The van der Waals surface area contributed by atoms with E-state index >= 15 is 0 Å². The second kappa shape index (κ2) is 5.96. The minimum absolute atomic E-state index is 0.0408. The van der Waals surface area contributed by atoms with Crippen molar-refractivity contribution in [1.29, 1.82) is 0 Å². The van der Waals surface area contributed by atoms with Crippen LogP contribution in [0.1, 0.15) is 5.56 Å². The highest BCUT2D eigenvalue weighted by atomic mass is 16.5. The first kappa shape index (κ1) is 14.8. The number of amides is 2. The Bertz CT molecular complexity index is 573. The molecule has 0 unspecified atom stereocenters. The normalized spacial score (nSPS) is 22.7. The number of nitrogens with zero attached hydrogens (tertiary/aromatic N) is 3. The molecule has 6 nitrogen and oxygen atoms in total. The zero-order valence-corrected chi connectivity index (χ0v) is 13.0. The Morgan fingerprint density at radius 3 is 2.59 bits per heavy atom. The molecule has 0 N–H and O–H groups in total. The molecule has 2 heterocycles. The van der Waals surface area contributed by atoms with Gasteiger partial charge in [-0.1, -0.05) is 12.1 Å². The number of carbonyl (C=O) groups excluding carboxylic acids is 2. The van der Waals surface area contributed by atoms with Gasteiger partial charge in [-0.3, -0.25) is 14.5 Å². The first-order valence-electron chi connectivity index (χ1n) is 7.48. The van der Waals surface area contributed by atoms with Gasteiger partial charge in [-0.2, -0.15) is 0 Å². The maximum Gasteiger partial charge on any atom is 0.246 e. The van der Waals surface area contributed by atoms with Crippen LogP contribution in [0.5, 0.6) is 5.75 Å². The number of likely N-dealkylation sites (N-methyl/N-ethyl adjacent to an activating group) is 1. The number of fused-ring (bicyclic) bond motifs is 1. The number of methoxy groups -OCH3 is 1. The number of benzene rings is 1. The molecule has 2 saturated heterocycles. The maximum absolute atomic E-state index is 12.3. The molecule has 1 aromatic rings. The van der Waals surface area contributed by atoms with Gasteiger partial charge in [0.2, 0.25) is 11.8 Å². The van der Waals surface area contributed by atoms with E-state index in [0.717, 1.165) is 18.8 Å². The number of ether oxygens (including phenoxy) is 1. The van der Waals surface area contributed by atoms with Gasteiger partial charge < -0.3 is 14.5 Å². The molecule has 3 rings (SSSR count). The maximum atomic E-state index is 12.3. The van der Waals surface area contributed by atoms with E-state index in [1.165, 1.54) is 10.5 Å². The lowest BCUT2D eigenvalue weighted by atomic mass is 10.1. The van der Waals surface area contributed by atoms with E-state index in [1.54, 1.807) is 19.1 Å². The topological polar surface area (TPSA) is 53.1 Å². The summed E-state index contributed by atoms with van der Waals surface area (Å²) in [6.45, 7) is 3.00. The van der Waals surface area contributed by atoms with Crippen LogP contribution in [0.25, 0.3) is 0 Å². The molecule has 2 fully saturated rings. The Morgan fingerprint density at radius 2 is 1.91 bits per heavy atom. The number of piperazine rings is 2. The van der Waals surface area contributed by atoms with Gasteiger partial charge in [-0.05, 0) is 17.7 Å². The van der Waals surface area contributed by atoms with Crippen molar-refractivity contribution >= 4 is 11.8 Å². The number of carbonyl (C=O) groups is 2. The zero-order chi connectivity index (χ0) is 15.7. The highest BCUT2D eigenvalue weighted by Crippen LogP contribution is 2.19. The van der Waals surface area contributed by atoms with Gasteiger partial charge in [0.25, 0.3) is 0 Å². The molecule has 22 heavy (non-hydrogen) atoms. The van der Waals surface area contributed by atoms with Crippen LogP contribution in [0, 0.1) is 0 Å². The van der Waals surface area contributed by atoms with Crippen LogP contribution >= 0.6 is 0 Å². The Kier molecular flexibility index (Phi) is 4.02. The Labute approximate surface area is 130 Å². The molecule has 1 atom stereocenters. The first-order chi connectivity index (χ1) is 10.6. The van der Waals surface area contributed by atoms with Crippen LogP contribution in [-0.4, -0.2) is 72.9 Å². The van der Waals surface area contributed by atoms with Crippen LogP contribution in [0.4, 0.5) is 0 Å². The largest absolute Gasteiger partial charge is 0.497 e.